The van der Waals surface area contributed by atoms with Crippen LogP contribution < -0.4 is 4.98 Å². The molecule has 64 valence electrons. The average Bonchev–Trinajstić information content (AvgIpc) is 2.05. The Morgan fingerprint density at radius 2 is 2.08 bits per heavy atom. The molecule has 0 fully saturated rings. The van der Waals surface area contributed by atoms with Crippen LogP contribution in [0.2, 0.25) is 0 Å². The van der Waals surface area contributed by atoms with Crippen molar-refractivity contribution in [1.82, 2.24) is 4.98 Å². The minimum absolute atomic E-state index is 0.282. The Morgan fingerprint density at radius 3 is 2.67 bits per heavy atom. The molecule has 0 saturated carbocycles. The van der Waals surface area contributed by atoms with Crippen LogP contribution in [0.15, 0.2) is 24.3 Å². The third-order valence-corrected chi connectivity index (χ3v) is 2.80. The summed E-state index contributed by atoms with van der Waals surface area (Å²) in [4.78, 5) is 3.20. The van der Waals surface area contributed by atoms with Crippen molar-refractivity contribution in [1.29, 1.82) is 0 Å². The van der Waals surface area contributed by atoms with Gasteiger partial charge in [-0.2, -0.15) is 0 Å². The first kappa shape index (κ1) is 9.77. The summed E-state index contributed by atoms with van der Waals surface area (Å²) in [7, 11) is 0.282. The molecule has 1 N–H and O–H groups in total. The molecular formula is C9H12ClNSi. The zero-order chi connectivity index (χ0) is 8.97. The first-order chi connectivity index (χ1) is 5.75. The van der Waals surface area contributed by atoms with Crippen LogP contribution in [0.1, 0.15) is 24.1 Å². The molecule has 1 nitrogen and oxygen atoms in total. The molecule has 1 atom stereocenters. The molecule has 0 saturated heterocycles. The maximum absolute atomic E-state index is 5.62. The zero-order valence-electron chi connectivity index (χ0n) is 7.26. The van der Waals surface area contributed by atoms with E-state index in [0.29, 0.717) is 6.04 Å². The van der Waals surface area contributed by atoms with Crippen LogP contribution in [0.3, 0.4) is 0 Å². The van der Waals surface area contributed by atoms with E-state index < -0.39 is 0 Å². The van der Waals surface area contributed by atoms with Crippen molar-refractivity contribution in [2.45, 2.75) is 19.9 Å². The van der Waals surface area contributed by atoms with E-state index >= 15 is 0 Å². The van der Waals surface area contributed by atoms with Gasteiger partial charge in [-0.05, 0) is 25.0 Å². The van der Waals surface area contributed by atoms with Gasteiger partial charge in [-0.25, -0.2) is 0 Å². The van der Waals surface area contributed by atoms with Crippen molar-refractivity contribution in [3.8, 4) is 0 Å². The smallest absolute Gasteiger partial charge is 0.271 e. The highest BCUT2D eigenvalue weighted by Crippen LogP contribution is 2.15. The van der Waals surface area contributed by atoms with Crippen LogP contribution in [0, 0.1) is 6.92 Å². The third-order valence-electron chi connectivity index (χ3n) is 1.93. The van der Waals surface area contributed by atoms with Gasteiger partial charge in [-0.15, -0.1) is 11.1 Å². The maximum atomic E-state index is 5.62. The molecule has 0 aromatic heterocycles. The van der Waals surface area contributed by atoms with Gasteiger partial charge in [0.1, 0.15) is 0 Å². The molecule has 3 heteroatoms. The van der Waals surface area contributed by atoms with Crippen LogP contribution in [0.25, 0.3) is 0 Å². The largest absolute Gasteiger partial charge is 0.320 e. The third kappa shape index (κ3) is 2.34. The standard InChI is InChI=1S/C9H12ClNSi/c1-7-5-3-4-6-9(7)8(2)11-12-10/h3-6,8,11H,1-2H3. The van der Waals surface area contributed by atoms with Gasteiger partial charge < -0.3 is 4.98 Å². The Morgan fingerprint density at radius 1 is 1.42 bits per heavy atom. The molecule has 0 amide bonds. The lowest BCUT2D eigenvalue weighted by atomic mass is 10.0. The van der Waals surface area contributed by atoms with Gasteiger partial charge >= 0.3 is 0 Å². The molecule has 2 radical (unpaired) electrons. The van der Waals surface area contributed by atoms with Crippen molar-refractivity contribution in [3.63, 3.8) is 0 Å². The highest BCUT2D eigenvalue weighted by atomic mass is 35.6. The van der Waals surface area contributed by atoms with Crippen LogP contribution >= 0.6 is 11.1 Å². The molecule has 0 bridgehead atoms. The van der Waals surface area contributed by atoms with Gasteiger partial charge in [0, 0.05) is 6.04 Å². The van der Waals surface area contributed by atoms with E-state index in [9.17, 15) is 0 Å². The first-order valence-electron chi connectivity index (χ1n) is 3.92. The van der Waals surface area contributed by atoms with Crippen LogP contribution in [0.4, 0.5) is 0 Å². The molecule has 0 aliphatic carbocycles. The van der Waals surface area contributed by atoms with E-state index in [1.165, 1.54) is 11.1 Å². The summed E-state index contributed by atoms with van der Waals surface area (Å²) in [6, 6.07) is 8.70. The lowest BCUT2D eigenvalue weighted by molar-refractivity contribution is 0.736. The van der Waals surface area contributed by atoms with Crippen LogP contribution in [-0.2, 0) is 0 Å². The molecule has 1 rings (SSSR count). The normalized spacial score (nSPS) is 12.9. The fourth-order valence-electron chi connectivity index (χ4n) is 1.23. The molecule has 1 unspecified atom stereocenters. The van der Waals surface area contributed by atoms with Gasteiger partial charge in [0.15, 0.2) is 0 Å². The molecule has 1 aromatic carbocycles. The van der Waals surface area contributed by atoms with Crippen molar-refractivity contribution in [3.05, 3.63) is 35.4 Å². The Balaban J connectivity index is 2.79. The predicted octanol–water partition coefficient (Wildman–Crippen LogP) is 2.42. The topological polar surface area (TPSA) is 12.0 Å². The number of halogens is 1. The minimum atomic E-state index is 0.282. The number of hydrogen-bond donors (Lipinski definition) is 1. The summed E-state index contributed by atoms with van der Waals surface area (Å²) in [5.41, 5.74) is 2.64. The van der Waals surface area contributed by atoms with Crippen molar-refractivity contribution in [2.24, 2.45) is 0 Å². The fraction of sp³-hybridized carbons (Fsp3) is 0.333. The second-order valence-corrected chi connectivity index (χ2v) is 3.86. The summed E-state index contributed by atoms with van der Waals surface area (Å²) >= 11 is 5.62. The second-order valence-electron chi connectivity index (χ2n) is 2.82. The number of nitrogens with one attached hydrogen (secondary N) is 1. The Hall–Kier alpha value is -0.313. The van der Waals surface area contributed by atoms with E-state index in [2.05, 4.69) is 43.1 Å². The van der Waals surface area contributed by atoms with Gasteiger partial charge in [0.05, 0.1) is 0 Å². The Bertz CT molecular complexity index is 252. The molecule has 0 aliphatic heterocycles. The van der Waals surface area contributed by atoms with Crippen LogP contribution in [0.5, 0.6) is 0 Å². The zero-order valence-corrected chi connectivity index (χ0v) is 9.02. The van der Waals surface area contributed by atoms with E-state index in [4.69, 9.17) is 11.1 Å². The molecule has 0 aliphatic rings. The molecule has 0 spiro atoms. The number of benzene rings is 1. The van der Waals surface area contributed by atoms with Gasteiger partial charge in [-0.3, -0.25) is 0 Å². The summed E-state index contributed by atoms with van der Waals surface area (Å²) in [6.45, 7) is 4.24. The van der Waals surface area contributed by atoms with Crippen LogP contribution in [-0.4, -0.2) is 8.99 Å². The van der Waals surface area contributed by atoms with Crippen molar-refractivity contribution in [2.75, 3.05) is 0 Å². The SMILES string of the molecule is Cc1ccccc1C(C)N[Si]Cl. The maximum Gasteiger partial charge on any atom is 0.271 e. The quantitative estimate of drug-likeness (QED) is 0.580. The molecule has 12 heavy (non-hydrogen) atoms. The Kier molecular flexibility index (Phi) is 3.79. The minimum Gasteiger partial charge on any atom is -0.320 e. The van der Waals surface area contributed by atoms with Crippen molar-refractivity contribution < 1.29 is 0 Å². The summed E-state index contributed by atoms with van der Waals surface area (Å²) in [5.74, 6) is 0. The second kappa shape index (κ2) is 4.65. The first-order valence-corrected chi connectivity index (χ1v) is 5.93. The number of hydrogen-bond acceptors (Lipinski definition) is 1. The summed E-state index contributed by atoms with van der Waals surface area (Å²) < 4.78 is 0. The highest BCUT2D eigenvalue weighted by Gasteiger charge is 2.05. The summed E-state index contributed by atoms with van der Waals surface area (Å²) in [6.07, 6.45) is 0. The van der Waals surface area contributed by atoms with Gasteiger partial charge in [0.2, 0.25) is 0 Å². The predicted molar refractivity (Wildman–Crippen MR) is 54.3 cm³/mol. The molecule has 1 aromatic rings. The van der Waals surface area contributed by atoms with Gasteiger partial charge in [-0.1, -0.05) is 24.3 Å². The van der Waals surface area contributed by atoms with Gasteiger partial charge in [0.25, 0.3) is 8.99 Å². The van der Waals surface area contributed by atoms with E-state index in [-0.39, 0.29) is 8.99 Å². The fourth-order valence-corrected chi connectivity index (χ4v) is 2.04. The molecular weight excluding hydrogens is 186 g/mol. The average molecular weight is 198 g/mol. The van der Waals surface area contributed by atoms with Crippen molar-refractivity contribution >= 4 is 20.1 Å². The Labute approximate surface area is 80.7 Å². The van der Waals surface area contributed by atoms with E-state index in [1.54, 1.807) is 0 Å². The molecule has 0 heterocycles. The van der Waals surface area contributed by atoms with E-state index in [0.717, 1.165) is 0 Å². The highest BCUT2D eigenvalue weighted by molar-refractivity contribution is 6.92. The monoisotopic (exact) mass is 197 g/mol. The lowest BCUT2D eigenvalue weighted by Gasteiger charge is -2.13. The summed E-state index contributed by atoms with van der Waals surface area (Å²) in [5, 5.41) is 0. The lowest BCUT2D eigenvalue weighted by Crippen LogP contribution is -2.19. The number of aryl methyl sites for hydroxylation is 1. The number of rotatable bonds is 3. The van der Waals surface area contributed by atoms with E-state index in [1.807, 2.05) is 0 Å².